The number of nitrogens with two attached hydrogens (primary N) is 1. The van der Waals surface area contributed by atoms with Crippen LogP contribution in [0.2, 0.25) is 0 Å². The molecule has 1 atom stereocenters. The van der Waals surface area contributed by atoms with E-state index in [0.717, 1.165) is 12.5 Å². The van der Waals surface area contributed by atoms with Crippen LogP contribution in [0.5, 0.6) is 0 Å². The van der Waals surface area contributed by atoms with Gasteiger partial charge in [-0.15, -0.1) is 0 Å². The minimum atomic E-state index is 0.223. The fourth-order valence-corrected chi connectivity index (χ4v) is 2.42. The van der Waals surface area contributed by atoms with Gasteiger partial charge in [-0.05, 0) is 51.4 Å². The van der Waals surface area contributed by atoms with Crippen LogP contribution in [-0.2, 0) is 0 Å². The van der Waals surface area contributed by atoms with Crippen LogP contribution >= 0.6 is 0 Å². The molecule has 0 bridgehead atoms. The maximum atomic E-state index is 6.25. The molecule has 3 nitrogen and oxygen atoms in total. The lowest BCUT2D eigenvalue weighted by Crippen LogP contribution is -2.48. The van der Waals surface area contributed by atoms with Gasteiger partial charge in [-0.2, -0.15) is 0 Å². The van der Waals surface area contributed by atoms with Crippen LogP contribution in [0.1, 0.15) is 33.6 Å². The zero-order valence-electron chi connectivity index (χ0n) is 12.4. The Morgan fingerprint density at radius 3 is 2.18 bits per heavy atom. The normalized spacial score (nSPS) is 22.1. The summed E-state index contributed by atoms with van der Waals surface area (Å²) in [6, 6.07) is 0.285. The van der Waals surface area contributed by atoms with E-state index in [9.17, 15) is 0 Å². The molecule has 1 rings (SSSR count). The van der Waals surface area contributed by atoms with E-state index in [2.05, 4.69) is 44.7 Å². The van der Waals surface area contributed by atoms with E-state index in [0.29, 0.717) is 0 Å². The Bertz CT molecular complexity index is 212. The summed E-state index contributed by atoms with van der Waals surface area (Å²) in [5, 5.41) is 0. The summed E-state index contributed by atoms with van der Waals surface area (Å²) >= 11 is 0. The summed E-state index contributed by atoms with van der Waals surface area (Å²) in [5.74, 6) is 0.882. The summed E-state index contributed by atoms with van der Waals surface area (Å²) < 4.78 is 0. The van der Waals surface area contributed by atoms with Gasteiger partial charge in [0.05, 0.1) is 0 Å². The van der Waals surface area contributed by atoms with Crippen LogP contribution < -0.4 is 5.73 Å². The zero-order valence-corrected chi connectivity index (χ0v) is 12.4. The molecule has 0 amide bonds. The van der Waals surface area contributed by atoms with Crippen molar-refractivity contribution >= 4 is 0 Å². The summed E-state index contributed by atoms with van der Waals surface area (Å²) in [6.07, 6.45) is 2.66. The minimum absolute atomic E-state index is 0.223. The van der Waals surface area contributed by atoms with Gasteiger partial charge in [0.15, 0.2) is 0 Å². The van der Waals surface area contributed by atoms with Crippen LogP contribution in [0.15, 0.2) is 0 Å². The second kappa shape index (κ2) is 6.17. The lowest BCUT2D eigenvalue weighted by molar-refractivity contribution is 0.135. The van der Waals surface area contributed by atoms with Crippen molar-refractivity contribution in [3.05, 3.63) is 0 Å². The zero-order chi connectivity index (χ0) is 13.1. The van der Waals surface area contributed by atoms with E-state index in [4.69, 9.17) is 5.73 Å². The average Bonchev–Trinajstić information content (AvgIpc) is 2.18. The molecule has 1 heterocycles. The molecule has 3 heteroatoms. The van der Waals surface area contributed by atoms with E-state index in [1.54, 1.807) is 0 Å². The molecule has 0 aromatic heterocycles. The van der Waals surface area contributed by atoms with Crippen molar-refractivity contribution in [2.24, 2.45) is 17.1 Å². The first-order valence-electron chi connectivity index (χ1n) is 6.91. The van der Waals surface area contributed by atoms with Crippen LogP contribution in [-0.4, -0.2) is 56.1 Å². The molecule has 1 aliphatic rings. The Hall–Kier alpha value is -0.120. The summed E-state index contributed by atoms with van der Waals surface area (Å²) in [4.78, 5) is 4.85. The fraction of sp³-hybridized carbons (Fsp3) is 1.00. The van der Waals surface area contributed by atoms with Crippen molar-refractivity contribution in [2.75, 3.05) is 40.3 Å². The van der Waals surface area contributed by atoms with E-state index in [1.807, 2.05) is 0 Å². The van der Waals surface area contributed by atoms with E-state index in [-0.39, 0.29) is 11.5 Å². The van der Waals surface area contributed by atoms with Gasteiger partial charge < -0.3 is 15.5 Å². The molecule has 0 spiro atoms. The SMILES string of the molecule is CN(C)CC1CCN(CC(N)C(C)(C)C)CC1. The van der Waals surface area contributed by atoms with Gasteiger partial charge in [0.1, 0.15) is 0 Å². The molecule has 0 aliphatic carbocycles. The maximum absolute atomic E-state index is 6.25. The Labute approximate surface area is 107 Å². The highest BCUT2D eigenvalue weighted by atomic mass is 15.1. The molecule has 102 valence electrons. The van der Waals surface area contributed by atoms with Gasteiger partial charge >= 0.3 is 0 Å². The minimum Gasteiger partial charge on any atom is -0.326 e. The molecular weight excluding hydrogens is 210 g/mol. The van der Waals surface area contributed by atoms with Crippen molar-refractivity contribution in [1.29, 1.82) is 0 Å². The molecule has 0 radical (unpaired) electrons. The number of hydrogen-bond donors (Lipinski definition) is 1. The highest BCUT2D eigenvalue weighted by Gasteiger charge is 2.25. The van der Waals surface area contributed by atoms with Gasteiger partial charge in [0, 0.05) is 19.1 Å². The quantitative estimate of drug-likeness (QED) is 0.812. The van der Waals surface area contributed by atoms with Crippen LogP contribution in [0, 0.1) is 11.3 Å². The first kappa shape index (κ1) is 14.9. The van der Waals surface area contributed by atoms with Crippen LogP contribution in [0.4, 0.5) is 0 Å². The fourth-order valence-electron chi connectivity index (χ4n) is 2.42. The Balaban J connectivity index is 2.28. The van der Waals surface area contributed by atoms with Crippen molar-refractivity contribution in [2.45, 2.75) is 39.7 Å². The van der Waals surface area contributed by atoms with Crippen molar-refractivity contribution in [1.82, 2.24) is 9.80 Å². The topological polar surface area (TPSA) is 32.5 Å². The molecule has 0 saturated carbocycles. The van der Waals surface area contributed by atoms with Gasteiger partial charge in [-0.1, -0.05) is 20.8 Å². The average molecular weight is 241 g/mol. The van der Waals surface area contributed by atoms with Gasteiger partial charge in [-0.3, -0.25) is 0 Å². The molecule has 17 heavy (non-hydrogen) atoms. The molecule has 1 unspecified atom stereocenters. The Kier molecular flexibility index (Phi) is 5.42. The van der Waals surface area contributed by atoms with Gasteiger partial charge in [0.2, 0.25) is 0 Å². The van der Waals surface area contributed by atoms with E-state index < -0.39 is 0 Å². The van der Waals surface area contributed by atoms with Gasteiger partial charge in [0.25, 0.3) is 0 Å². The van der Waals surface area contributed by atoms with Gasteiger partial charge in [-0.25, -0.2) is 0 Å². The number of nitrogens with zero attached hydrogens (tertiary/aromatic N) is 2. The Morgan fingerprint density at radius 2 is 1.76 bits per heavy atom. The second-order valence-electron chi connectivity index (χ2n) is 6.98. The van der Waals surface area contributed by atoms with Crippen molar-refractivity contribution in [3.63, 3.8) is 0 Å². The van der Waals surface area contributed by atoms with Crippen molar-refractivity contribution in [3.8, 4) is 0 Å². The molecule has 2 N–H and O–H groups in total. The number of rotatable bonds is 4. The molecule has 0 aromatic carbocycles. The first-order valence-corrected chi connectivity index (χ1v) is 6.91. The van der Waals surface area contributed by atoms with Crippen LogP contribution in [0.25, 0.3) is 0 Å². The highest BCUT2D eigenvalue weighted by molar-refractivity contribution is 4.82. The third-order valence-corrected chi connectivity index (χ3v) is 3.90. The number of hydrogen-bond acceptors (Lipinski definition) is 3. The standard InChI is InChI=1S/C14H31N3/c1-14(2,3)13(15)11-17-8-6-12(7-9-17)10-16(4)5/h12-13H,6-11,15H2,1-5H3. The van der Waals surface area contributed by atoms with Crippen molar-refractivity contribution < 1.29 is 0 Å². The van der Waals surface area contributed by atoms with Crippen LogP contribution in [0.3, 0.4) is 0 Å². The first-order chi connectivity index (χ1) is 7.79. The lowest BCUT2D eigenvalue weighted by Gasteiger charge is -2.37. The third-order valence-electron chi connectivity index (χ3n) is 3.90. The number of piperidine rings is 1. The number of likely N-dealkylation sites (tertiary alicyclic amines) is 1. The highest BCUT2D eigenvalue weighted by Crippen LogP contribution is 2.22. The van der Waals surface area contributed by atoms with E-state index >= 15 is 0 Å². The molecule has 0 aromatic rings. The second-order valence-corrected chi connectivity index (χ2v) is 6.98. The summed E-state index contributed by atoms with van der Waals surface area (Å²) in [5.41, 5.74) is 6.47. The molecule has 1 aliphatic heterocycles. The predicted octanol–water partition coefficient (Wildman–Crippen LogP) is 1.63. The molecule has 1 fully saturated rings. The Morgan fingerprint density at radius 1 is 1.24 bits per heavy atom. The summed E-state index contributed by atoms with van der Waals surface area (Å²) in [7, 11) is 4.34. The smallest absolute Gasteiger partial charge is 0.0217 e. The third kappa shape index (κ3) is 5.36. The summed E-state index contributed by atoms with van der Waals surface area (Å²) in [6.45, 7) is 11.4. The molecular formula is C14H31N3. The lowest BCUT2D eigenvalue weighted by atomic mass is 9.86. The van der Waals surface area contributed by atoms with E-state index in [1.165, 1.54) is 32.5 Å². The monoisotopic (exact) mass is 241 g/mol. The predicted molar refractivity (Wildman–Crippen MR) is 75.1 cm³/mol. The largest absolute Gasteiger partial charge is 0.326 e. The molecule has 1 saturated heterocycles. The maximum Gasteiger partial charge on any atom is 0.0217 e.